The van der Waals surface area contributed by atoms with Crippen molar-refractivity contribution in [2.24, 2.45) is 0 Å². The van der Waals surface area contributed by atoms with Gasteiger partial charge in [-0.2, -0.15) is 0 Å². The number of nitrogens with one attached hydrogen (secondary N) is 1. The van der Waals surface area contributed by atoms with Crippen LogP contribution in [0.1, 0.15) is 10.4 Å². The Balaban J connectivity index is 1.55. The molecule has 0 atom stereocenters. The molecule has 34 heavy (non-hydrogen) atoms. The van der Waals surface area contributed by atoms with Gasteiger partial charge in [-0.15, -0.1) is 0 Å². The van der Waals surface area contributed by atoms with Gasteiger partial charge >= 0.3 is 0 Å². The highest BCUT2D eigenvalue weighted by Gasteiger charge is 2.22. The van der Waals surface area contributed by atoms with Gasteiger partial charge in [0, 0.05) is 42.5 Å². The first-order valence-corrected chi connectivity index (χ1v) is 11.6. The molecule has 7 nitrogen and oxygen atoms in total. The van der Waals surface area contributed by atoms with Gasteiger partial charge in [0.15, 0.2) is 0 Å². The Kier molecular flexibility index (Phi) is 6.13. The number of ether oxygens (including phenoxy) is 1. The van der Waals surface area contributed by atoms with E-state index in [9.17, 15) is 4.79 Å². The summed E-state index contributed by atoms with van der Waals surface area (Å²) in [4.78, 5) is 22.1. The molecule has 0 radical (unpaired) electrons. The number of benzene rings is 3. The lowest BCUT2D eigenvalue weighted by molar-refractivity contribution is 0.0664. The minimum absolute atomic E-state index is 0.0389. The van der Waals surface area contributed by atoms with E-state index in [0.717, 1.165) is 54.3 Å². The number of methoxy groups -OCH3 is 1. The van der Waals surface area contributed by atoms with Gasteiger partial charge in [0.05, 0.1) is 23.8 Å². The number of hydrogen-bond acceptors (Lipinski definition) is 5. The smallest absolute Gasteiger partial charge is 0.254 e. The zero-order valence-electron chi connectivity index (χ0n) is 19.2. The molecule has 0 saturated carbocycles. The number of likely N-dealkylation sites (N-methyl/N-ethyl adjacent to an activating group) is 1. The maximum absolute atomic E-state index is 13.1. The van der Waals surface area contributed by atoms with Gasteiger partial charge in [0.25, 0.3) is 5.91 Å². The quantitative estimate of drug-likeness (QED) is 0.448. The number of hydrogen-bond donors (Lipinski definition) is 1. The molecular weight excluding hydrogens is 450 g/mol. The van der Waals surface area contributed by atoms with Crippen molar-refractivity contribution in [1.82, 2.24) is 19.4 Å². The fraction of sp³-hybridized carbons (Fsp3) is 0.231. The summed E-state index contributed by atoms with van der Waals surface area (Å²) in [5.41, 5.74) is 4.00. The Morgan fingerprint density at radius 3 is 2.47 bits per heavy atom. The van der Waals surface area contributed by atoms with Crippen LogP contribution in [0.4, 0.5) is 11.6 Å². The average Bonchev–Trinajstić information content (AvgIpc) is 3.21. The molecule has 0 unspecified atom stereocenters. The molecule has 0 bridgehead atoms. The van der Waals surface area contributed by atoms with E-state index in [1.54, 1.807) is 7.11 Å². The van der Waals surface area contributed by atoms with Crippen LogP contribution in [0.5, 0.6) is 5.75 Å². The number of fused-ring (bicyclic) bond motifs is 1. The molecule has 1 aromatic heterocycles. The summed E-state index contributed by atoms with van der Waals surface area (Å²) in [5, 5.41) is 4.04. The number of piperazine rings is 1. The van der Waals surface area contributed by atoms with Crippen LogP contribution in [0, 0.1) is 0 Å². The number of aromatic nitrogens is 2. The largest absolute Gasteiger partial charge is 0.497 e. The van der Waals surface area contributed by atoms with Crippen molar-refractivity contribution in [3.8, 4) is 11.4 Å². The van der Waals surface area contributed by atoms with Crippen LogP contribution >= 0.6 is 11.6 Å². The van der Waals surface area contributed by atoms with E-state index in [1.165, 1.54) is 0 Å². The molecule has 1 aliphatic rings. The van der Waals surface area contributed by atoms with Crippen molar-refractivity contribution in [3.63, 3.8) is 0 Å². The normalized spacial score (nSPS) is 14.4. The Hall–Kier alpha value is -3.55. The van der Waals surface area contributed by atoms with E-state index in [1.807, 2.05) is 76.2 Å². The van der Waals surface area contributed by atoms with E-state index in [0.29, 0.717) is 16.5 Å². The summed E-state index contributed by atoms with van der Waals surface area (Å²) >= 11 is 6.30. The van der Waals surface area contributed by atoms with E-state index in [-0.39, 0.29) is 5.91 Å². The first-order chi connectivity index (χ1) is 16.5. The molecule has 1 aliphatic heterocycles. The molecule has 174 valence electrons. The first kappa shape index (κ1) is 22.3. The van der Waals surface area contributed by atoms with Gasteiger partial charge in [-0.25, -0.2) is 4.98 Å². The van der Waals surface area contributed by atoms with Crippen molar-refractivity contribution in [3.05, 3.63) is 77.3 Å². The van der Waals surface area contributed by atoms with Gasteiger partial charge in [0.1, 0.15) is 5.75 Å². The number of amides is 1. The van der Waals surface area contributed by atoms with E-state index in [2.05, 4.69) is 17.3 Å². The molecule has 4 aromatic rings. The monoisotopic (exact) mass is 475 g/mol. The van der Waals surface area contributed by atoms with Crippen LogP contribution in [0.2, 0.25) is 5.02 Å². The zero-order valence-corrected chi connectivity index (χ0v) is 19.9. The summed E-state index contributed by atoms with van der Waals surface area (Å²) in [6, 6.07) is 21.0. The van der Waals surface area contributed by atoms with Crippen LogP contribution < -0.4 is 10.1 Å². The minimum Gasteiger partial charge on any atom is -0.497 e. The number of carbonyl (C=O) groups is 1. The van der Waals surface area contributed by atoms with Crippen molar-refractivity contribution >= 4 is 40.2 Å². The molecule has 1 amide bonds. The first-order valence-electron chi connectivity index (χ1n) is 11.2. The van der Waals surface area contributed by atoms with Crippen LogP contribution in [-0.4, -0.2) is 65.6 Å². The predicted octanol–water partition coefficient (Wildman–Crippen LogP) is 4.82. The van der Waals surface area contributed by atoms with Gasteiger partial charge in [-0.3, -0.25) is 9.36 Å². The zero-order chi connectivity index (χ0) is 23.7. The highest BCUT2D eigenvalue weighted by atomic mass is 35.5. The van der Waals surface area contributed by atoms with Gasteiger partial charge in [-0.05, 0) is 67.7 Å². The summed E-state index contributed by atoms with van der Waals surface area (Å²) in [7, 11) is 3.72. The Morgan fingerprint density at radius 2 is 1.76 bits per heavy atom. The highest BCUT2D eigenvalue weighted by molar-refractivity contribution is 6.30. The van der Waals surface area contributed by atoms with E-state index in [4.69, 9.17) is 21.3 Å². The third-order valence-electron chi connectivity index (χ3n) is 6.10. The second-order valence-corrected chi connectivity index (χ2v) is 8.84. The Labute approximate surface area is 203 Å². The number of nitrogens with zero attached hydrogens (tertiary/aromatic N) is 4. The van der Waals surface area contributed by atoms with Crippen LogP contribution in [0.25, 0.3) is 16.7 Å². The topological polar surface area (TPSA) is 62.6 Å². The molecular formula is C26H26ClN5O2. The second kappa shape index (κ2) is 9.37. The molecule has 3 aromatic carbocycles. The third-order valence-corrected chi connectivity index (χ3v) is 6.34. The van der Waals surface area contributed by atoms with Crippen molar-refractivity contribution in [2.45, 2.75) is 0 Å². The fourth-order valence-corrected chi connectivity index (χ4v) is 4.35. The van der Waals surface area contributed by atoms with E-state index >= 15 is 0 Å². The second-order valence-electron chi connectivity index (χ2n) is 8.40. The minimum atomic E-state index is 0.0389. The molecule has 0 spiro atoms. The number of halogens is 1. The summed E-state index contributed by atoms with van der Waals surface area (Å²) in [5.74, 6) is 1.45. The third kappa shape index (κ3) is 4.44. The fourth-order valence-electron chi connectivity index (χ4n) is 4.17. The Bertz CT molecular complexity index is 1330. The van der Waals surface area contributed by atoms with Crippen molar-refractivity contribution < 1.29 is 9.53 Å². The summed E-state index contributed by atoms with van der Waals surface area (Å²) in [6.45, 7) is 3.23. The van der Waals surface area contributed by atoms with Crippen molar-refractivity contribution in [2.75, 3.05) is 45.7 Å². The van der Waals surface area contributed by atoms with Crippen molar-refractivity contribution in [1.29, 1.82) is 0 Å². The van der Waals surface area contributed by atoms with E-state index < -0.39 is 0 Å². The molecule has 1 fully saturated rings. The molecule has 8 heteroatoms. The number of rotatable bonds is 5. The maximum atomic E-state index is 13.1. The molecule has 2 heterocycles. The lowest BCUT2D eigenvalue weighted by atomic mass is 10.1. The van der Waals surface area contributed by atoms with Gasteiger partial charge < -0.3 is 19.9 Å². The number of imidazole rings is 1. The van der Waals surface area contributed by atoms with Crippen LogP contribution in [0.3, 0.4) is 0 Å². The molecule has 1 saturated heterocycles. The van der Waals surface area contributed by atoms with Gasteiger partial charge in [0.2, 0.25) is 5.95 Å². The molecule has 5 rings (SSSR count). The van der Waals surface area contributed by atoms with Crippen LogP contribution in [0.15, 0.2) is 66.7 Å². The van der Waals surface area contributed by atoms with Crippen LogP contribution in [-0.2, 0) is 0 Å². The molecule has 1 N–H and O–H groups in total. The SMILES string of the molecule is COc1ccc(Nc2nc3cc(C(=O)N4CCN(C)CC4)ccc3n2-c2cccc(Cl)c2)cc1. The lowest BCUT2D eigenvalue weighted by Gasteiger charge is -2.32. The lowest BCUT2D eigenvalue weighted by Crippen LogP contribution is -2.47. The van der Waals surface area contributed by atoms with Gasteiger partial charge in [-0.1, -0.05) is 17.7 Å². The highest BCUT2D eigenvalue weighted by Crippen LogP contribution is 2.30. The predicted molar refractivity (Wildman–Crippen MR) is 136 cm³/mol. The average molecular weight is 476 g/mol. The number of carbonyl (C=O) groups excluding carboxylic acids is 1. The summed E-state index contributed by atoms with van der Waals surface area (Å²) < 4.78 is 7.27. The number of anilines is 2. The maximum Gasteiger partial charge on any atom is 0.254 e. The molecule has 0 aliphatic carbocycles. The summed E-state index contributed by atoms with van der Waals surface area (Å²) in [6.07, 6.45) is 0. The Morgan fingerprint density at radius 1 is 1.00 bits per heavy atom. The standard InChI is InChI=1S/C26H26ClN5O2/c1-30-12-14-31(15-13-30)25(33)18-6-11-24-23(16-18)29-26(28-20-7-9-22(34-2)10-8-20)32(24)21-5-3-4-19(27)17-21/h3-11,16-17H,12-15H2,1-2H3,(H,28,29).